The van der Waals surface area contributed by atoms with E-state index in [4.69, 9.17) is 16.9 Å². The Hall–Kier alpha value is -0.378. The van der Waals surface area contributed by atoms with Gasteiger partial charge in [0.2, 0.25) is 0 Å². The zero-order valence-electron chi connectivity index (χ0n) is 14.5. The summed E-state index contributed by atoms with van der Waals surface area (Å²) < 4.78 is 22.7. The molecule has 2 rings (SSSR count). The van der Waals surface area contributed by atoms with E-state index in [1.54, 1.807) is 7.11 Å². The molecular weight excluding hydrogens is 489 g/mol. The molecule has 1 N–H and O–H groups in total. The van der Waals surface area contributed by atoms with E-state index in [2.05, 4.69) is 13.0 Å². The molecule has 1 aliphatic heterocycles. The first kappa shape index (κ1) is 19.0. The summed E-state index contributed by atoms with van der Waals surface area (Å²) in [5.74, 6) is 1.17. The zero-order valence-corrected chi connectivity index (χ0v) is 19.0. The average molecular weight is 514 g/mol. The third kappa shape index (κ3) is 4.18. The van der Waals surface area contributed by atoms with Gasteiger partial charge < -0.3 is 0 Å². The number of methoxy groups -OCH3 is 1. The van der Waals surface area contributed by atoms with Crippen LogP contribution in [-0.2, 0) is 22.5 Å². The zero-order chi connectivity index (χ0) is 17.2. The number of ether oxygens (including phenoxy) is 3. The molecule has 0 bridgehead atoms. The van der Waals surface area contributed by atoms with Crippen molar-refractivity contribution in [3.8, 4) is 11.5 Å². The number of rotatable bonds is 6. The van der Waals surface area contributed by atoms with Gasteiger partial charge in [0.25, 0.3) is 0 Å². The number of benzene rings is 1. The van der Waals surface area contributed by atoms with E-state index in [0.29, 0.717) is 38.6 Å². The molecule has 5 nitrogen and oxygen atoms in total. The Balaban J connectivity index is 2.27. The van der Waals surface area contributed by atoms with Crippen molar-refractivity contribution >= 4 is 26.2 Å². The maximum absolute atomic E-state index is 9.83. The van der Waals surface area contributed by atoms with E-state index in [1.165, 1.54) is 0 Å². The molecule has 0 radical (unpaired) electrons. The van der Waals surface area contributed by atoms with E-state index in [-0.39, 0.29) is 18.6 Å². The topological polar surface area (TPSA) is 57.2 Å². The predicted molar refractivity (Wildman–Crippen MR) is 87.8 cm³/mol. The molecule has 1 aromatic rings. The Bertz CT molecular complexity index is 558. The minimum atomic E-state index is -0.515. The normalized spacial score (nSPS) is 21.2. The van der Waals surface area contributed by atoms with Crippen molar-refractivity contribution in [2.45, 2.75) is 52.6 Å². The summed E-state index contributed by atoms with van der Waals surface area (Å²) in [5, 5.41) is 9.83. The molecule has 0 aliphatic carbocycles. The molecule has 0 amide bonds. The fourth-order valence-electron chi connectivity index (χ4n) is 3.08. The first-order valence-electron chi connectivity index (χ1n) is 7.81. The molecule has 1 aromatic carbocycles. The summed E-state index contributed by atoms with van der Waals surface area (Å²) >= 11 is 0.332. The Morgan fingerprint density at radius 2 is 2.13 bits per heavy atom. The van der Waals surface area contributed by atoms with Crippen LogP contribution in [0.5, 0.6) is 11.5 Å². The van der Waals surface area contributed by atoms with E-state index in [0.717, 1.165) is 28.9 Å². The van der Waals surface area contributed by atoms with E-state index in [1.807, 2.05) is 20.8 Å². The SMILES string of the molecule is COc1c(C)cc(C[C@H](C)C2COC(C)(C)O2)c(CO)c1[O][Tl]. The average Bonchev–Trinajstić information content (AvgIpc) is 2.86. The van der Waals surface area contributed by atoms with Crippen molar-refractivity contribution < 1.29 is 22.0 Å². The Morgan fingerprint density at radius 3 is 2.61 bits per heavy atom. The quantitative estimate of drug-likeness (QED) is 0.592. The van der Waals surface area contributed by atoms with Crippen LogP contribution >= 0.6 is 0 Å². The second-order valence-corrected chi connectivity index (χ2v) is 7.43. The summed E-state index contributed by atoms with van der Waals surface area (Å²) in [5.41, 5.74) is 2.92. The molecule has 1 heterocycles. The second kappa shape index (κ2) is 7.67. The number of aryl methyl sites for hydroxylation is 1. The third-order valence-electron chi connectivity index (χ3n) is 4.30. The van der Waals surface area contributed by atoms with Gasteiger partial charge in [0.15, 0.2) is 0 Å². The van der Waals surface area contributed by atoms with Crippen LogP contribution in [0.1, 0.15) is 37.5 Å². The molecule has 1 unspecified atom stereocenters. The van der Waals surface area contributed by atoms with Gasteiger partial charge in [0.05, 0.1) is 0 Å². The summed E-state index contributed by atoms with van der Waals surface area (Å²) in [6, 6.07) is 2.08. The molecule has 23 heavy (non-hydrogen) atoms. The van der Waals surface area contributed by atoms with Crippen molar-refractivity contribution in [2.75, 3.05) is 13.7 Å². The fourth-order valence-corrected chi connectivity index (χ4v) is 4.05. The summed E-state index contributed by atoms with van der Waals surface area (Å²) in [6.45, 7) is 8.56. The van der Waals surface area contributed by atoms with Gasteiger partial charge in [-0.05, 0) is 0 Å². The Morgan fingerprint density at radius 1 is 1.43 bits per heavy atom. The van der Waals surface area contributed by atoms with Crippen LogP contribution in [-0.4, -0.2) is 56.9 Å². The molecule has 1 fully saturated rings. The van der Waals surface area contributed by atoms with E-state index < -0.39 is 5.79 Å². The van der Waals surface area contributed by atoms with Gasteiger partial charge >= 0.3 is 155 Å². The van der Waals surface area contributed by atoms with Crippen molar-refractivity contribution in [2.24, 2.45) is 5.92 Å². The molecule has 0 aromatic heterocycles. The van der Waals surface area contributed by atoms with E-state index >= 15 is 0 Å². The van der Waals surface area contributed by atoms with Crippen molar-refractivity contribution in [1.29, 1.82) is 0 Å². The van der Waals surface area contributed by atoms with Crippen LogP contribution in [0.15, 0.2) is 6.07 Å². The van der Waals surface area contributed by atoms with Crippen molar-refractivity contribution in [1.82, 2.24) is 0 Å². The Labute approximate surface area is 154 Å². The number of aliphatic hydroxyl groups excluding tert-OH is 1. The molecule has 6 heteroatoms. The molecular formula is C17H25O5Tl. The fraction of sp³-hybridized carbons (Fsp3) is 0.647. The van der Waals surface area contributed by atoms with Crippen molar-refractivity contribution in [3.63, 3.8) is 0 Å². The molecule has 1 aliphatic rings. The van der Waals surface area contributed by atoms with Crippen molar-refractivity contribution in [3.05, 3.63) is 22.8 Å². The summed E-state index contributed by atoms with van der Waals surface area (Å²) in [4.78, 5) is 0. The molecule has 0 saturated carbocycles. The maximum atomic E-state index is 9.83. The van der Waals surface area contributed by atoms with Crippen LogP contribution in [0.2, 0.25) is 0 Å². The van der Waals surface area contributed by atoms with Gasteiger partial charge in [-0.2, -0.15) is 0 Å². The van der Waals surface area contributed by atoms with Gasteiger partial charge in [-0.3, -0.25) is 0 Å². The standard InChI is InChI=1S/C17H26O5.Tl/c1-10(14-9-21-17(3,4)22-14)6-12-7-11(2)16(20-5)15(19)13(12)8-18;/h7,10,14,18-19H,6,8-9H2,1-5H3;/q;+1/p-1/t10-,14?;/m0./s1. The first-order chi connectivity index (χ1) is 10.8. The van der Waals surface area contributed by atoms with Gasteiger partial charge in [-0.25, -0.2) is 0 Å². The van der Waals surface area contributed by atoms with Gasteiger partial charge in [-0.15, -0.1) is 0 Å². The Kier molecular flexibility index (Phi) is 6.32. The monoisotopic (exact) mass is 514 g/mol. The number of hydrogen-bond donors (Lipinski definition) is 1. The number of hydrogen-bond acceptors (Lipinski definition) is 5. The van der Waals surface area contributed by atoms with Gasteiger partial charge in [0, 0.05) is 0 Å². The second-order valence-electron chi connectivity index (χ2n) is 6.52. The van der Waals surface area contributed by atoms with Crippen LogP contribution in [0.4, 0.5) is 0 Å². The molecule has 126 valence electrons. The van der Waals surface area contributed by atoms with Crippen LogP contribution in [0.3, 0.4) is 0 Å². The summed E-state index contributed by atoms with van der Waals surface area (Å²) in [7, 11) is 1.63. The predicted octanol–water partition coefficient (Wildman–Crippen LogP) is 2.29. The third-order valence-corrected chi connectivity index (χ3v) is 5.22. The van der Waals surface area contributed by atoms with Crippen LogP contribution in [0, 0.1) is 12.8 Å². The molecule has 0 spiro atoms. The minimum absolute atomic E-state index is 0.0567. The van der Waals surface area contributed by atoms with Crippen LogP contribution in [0.25, 0.3) is 0 Å². The summed E-state index contributed by atoms with van der Waals surface area (Å²) in [6.07, 6.45) is 0.854. The van der Waals surface area contributed by atoms with Gasteiger partial charge in [-0.1, -0.05) is 0 Å². The van der Waals surface area contributed by atoms with E-state index in [9.17, 15) is 5.11 Å². The number of aliphatic hydroxyl groups is 1. The van der Waals surface area contributed by atoms with Crippen LogP contribution < -0.4 is 7.42 Å². The first-order valence-corrected chi connectivity index (χ1v) is 9.65. The molecule has 2 atom stereocenters. The molecule has 1 saturated heterocycles. The van der Waals surface area contributed by atoms with Gasteiger partial charge in [0.1, 0.15) is 0 Å².